The van der Waals surface area contributed by atoms with Crippen molar-refractivity contribution in [2.24, 2.45) is 0 Å². The predicted molar refractivity (Wildman–Crippen MR) is 87.6 cm³/mol. The maximum atomic E-state index is 2.32. The summed E-state index contributed by atoms with van der Waals surface area (Å²) in [6.07, 6.45) is 4.12. The predicted octanol–water partition coefficient (Wildman–Crippen LogP) is 3.52. The van der Waals surface area contributed by atoms with Crippen molar-refractivity contribution in [3.05, 3.63) is 54.6 Å². The summed E-state index contributed by atoms with van der Waals surface area (Å²) in [6, 6.07) is 20.1. The van der Waals surface area contributed by atoms with Crippen molar-refractivity contribution in [2.75, 3.05) is 13.1 Å². The van der Waals surface area contributed by atoms with E-state index >= 15 is 0 Å². The van der Waals surface area contributed by atoms with E-state index in [0.29, 0.717) is 0 Å². The zero-order chi connectivity index (χ0) is 13.4. The van der Waals surface area contributed by atoms with Crippen LogP contribution in [0, 0.1) is 0 Å². The van der Waals surface area contributed by atoms with Crippen molar-refractivity contribution < 1.29 is 10.4 Å². The molecular formula is C19H21NO. The molecule has 0 aromatic heterocycles. The van der Waals surface area contributed by atoms with E-state index in [-0.39, 0.29) is 5.48 Å². The minimum Gasteiger partial charge on any atom is -0.870 e. The summed E-state index contributed by atoms with van der Waals surface area (Å²) >= 11 is 0. The van der Waals surface area contributed by atoms with Crippen LogP contribution in [-0.4, -0.2) is 18.6 Å². The van der Waals surface area contributed by atoms with E-state index < -0.39 is 0 Å². The third kappa shape index (κ3) is 2.41. The quantitative estimate of drug-likeness (QED) is 0.680. The maximum Gasteiger partial charge on any atom is 0.139 e. The molecule has 2 heteroatoms. The van der Waals surface area contributed by atoms with E-state index in [0.717, 1.165) is 0 Å². The number of hydrogen-bond acceptors (Lipinski definition) is 1. The first kappa shape index (κ1) is 14.1. The number of rotatable bonds is 1. The fourth-order valence-electron chi connectivity index (χ4n) is 3.60. The van der Waals surface area contributed by atoms with Crippen LogP contribution < -0.4 is 4.90 Å². The molecule has 2 N–H and O–H groups in total. The van der Waals surface area contributed by atoms with Gasteiger partial charge in [0.25, 0.3) is 0 Å². The summed E-state index contributed by atoms with van der Waals surface area (Å²) < 4.78 is 0. The molecule has 108 valence electrons. The monoisotopic (exact) mass is 279 g/mol. The van der Waals surface area contributed by atoms with Crippen LogP contribution in [0.3, 0.4) is 0 Å². The molecule has 21 heavy (non-hydrogen) atoms. The number of fused-ring (bicyclic) bond motifs is 3. The Morgan fingerprint density at radius 1 is 0.619 bits per heavy atom. The van der Waals surface area contributed by atoms with Gasteiger partial charge in [0.2, 0.25) is 0 Å². The van der Waals surface area contributed by atoms with Gasteiger partial charge in [-0.25, -0.2) is 0 Å². The van der Waals surface area contributed by atoms with Crippen LogP contribution in [0.4, 0.5) is 5.69 Å². The highest BCUT2D eigenvalue weighted by atomic mass is 16.0. The van der Waals surface area contributed by atoms with Gasteiger partial charge in [-0.2, -0.15) is 0 Å². The summed E-state index contributed by atoms with van der Waals surface area (Å²) in [6.45, 7) is 2.57. The lowest BCUT2D eigenvalue weighted by Crippen LogP contribution is -3.08. The average molecular weight is 279 g/mol. The lowest BCUT2D eigenvalue weighted by Gasteiger charge is -2.24. The summed E-state index contributed by atoms with van der Waals surface area (Å²) in [4.78, 5) is 1.66. The molecule has 0 aliphatic carbocycles. The standard InChI is InChI=1S/C19H19N.H2O/c1-4-13-20(14-5-1)19-10-6-9-17-16-8-3-2-7-15(16)11-12-18(17)19;/h2-3,6-12H,1,4-5,13-14H2;1H2. The molecule has 0 amide bonds. The van der Waals surface area contributed by atoms with Crippen LogP contribution in [-0.2, 0) is 0 Å². The Bertz CT molecular complexity index is 760. The molecule has 0 bridgehead atoms. The first-order valence-electron chi connectivity index (χ1n) is 7.69. The zero-order valence-electron chi connectivity index (χ0n) is 12.2. The van der Waals surface area contributed by atoms with Gasteiger partial charge in [0.15, 0.2) is 0 Å². The van der Waals surface area contributed by atoms with Crippen molar-refractivity contribution >= 4 is 27.2 Å². The third-order valence-corrected chi connectivity index (χ3v) is 4.62. The molecule has 4 rings (SSSR count). The molecule has 0 spiro atoms. The van der Waals surface area contributed by atoms with Crippen LogP contribution >= 0.6 is 0 Å². The lowest BCUT2D eigenvalue weighted by molar-refractivity contribution is -0.837. The second kappa shape index (κ2) is 5.84. The van der Waals surface area contributed by atoms with E-state index in [1.54, 1.807) is 4.90 Å². The maximum absolute atomic E-state index is 2.32. The van der Waals surface area contributed by atoms with Gasteiger partial charge in [-0.3, -0.25) is 0 Å². The minimum atomic E-state index is 0. The van der Waals surface area contributed by atoms with Crippen LogP contribution in [0.15, 0.2) is 54.6 Å². The van der Waals surface area contributed by atoms with Gasteiger partial charge in [-0.15, -0.1) is 0 Å². The van der Waals surface area contributed by atoms with Gasteiger partial charge < -0.3 is 10.4 Å². The van der Waals surface area contributed by atoms with E-state index in [4.69, 9.17) is 0 Å². The van der Waals surface area contributed by atoms with E-state index in [9.17, 15) is 0 Å². The summed E-state index contributed by atoms with van der Waals surface area (Å²) in [5.74, 6) is 0. The van der Waals surface area contributed by atoms with E-state index in [1.165, 1.54) is 59.6 Å². The zero-order valence-corrected chi connectivity index (χ0v) is 12.2. The highest BCUT2D eigenvalue weighted by Gasteiger charge is 2.18. The topological polar surface area (TPSA) is 34.4 Å². The molecule has 2 nitrogen and oxygen atoms in total. The van der Waals surface area contributed by atoms with Gasteiger partial charge in [-0.05, 0) is 47.6 Å². The molecule has 1 aliphatic rings. The van der Waals surface area contributed by atoms with Gasteiger partial charge in [0.1, 0.15) is 5.69 Å². The molecule has 1 fully saturated rings. The molecule has 3 aromatic rings. The summed E-state index contributed by atoms with van der Waals surface area (Å²) in [5, 5.41) is 5.55. The number of benzene rings is 3. The first-order valence-corrected chi connectivity index (χ1v) is 7.69. The van der Waals surface area contributed by atoms with Crippen LogP contribution in [0.25, 0.3) is 21.5 Å². The van der Waals surface area contributed by atoms with Crippen molar-refractivity contribution in [1.82, 2.24) is 0 Å². The summed E-state index contributed by atoms with van der Waals surface area (Å²) in [5.41, 5.74) is 1.49. The average Bonchev–Trinajstić information content (AvgIpc) is 2.55. The Balaban J connectivity index is 0.00000132. The second-order valence-electron chi connectivity index (χ2n) is 5.85. The highest BCUT2D eigenvalue weighted by Crippen LogP contribution is 2.28. The number of quaternary nitrogens is 1. The van der Waals surface area contributed by atoms with E-state index in [2.05, 4.69) is 54.6 Å². The summed E-state index contributed by atoms with van der Waals surface area (Å²) in [7, 11) is 0. The number of hydrogen-bond donors (Lipinski definition) is 1. The van der Waals surface area contributed by atoms with Crippen molar-refractivity contribution in [2.45, 2.75) is 19.3 Å². The van der Waals surface area contributed by atoms with Crippen molar-refractivity contribution in [3.8, 4) is 0 Å². The molecule has 1 aliphatic heterocycles. The van der Waals surface area contributed by atoms with Crippen LogP contribution in [0.2, 0.25) is 0 Å². The Hall–Kier alpha value is -1.90. The number of piperidine rings is 1. The van der Waals surface area contributed by atoms with Crippen LogP contribution in [0.5, 0.6) is 0 Å². The van der Waals surface area contributed by atoms with E-state index in [1.807, 2.05) is 0 Å². The molecular weight excluding hydrogens is 258 g/mol. The Labute approximate surface area is 125 Å². The first-order chi connectivity index (χ1) is 9.93. The molecule has 1 heterocycles. The second-order valence-corrected chi connectivity index (χ2v) is 5.85. The van der Waals surface area contributed by atoms with Gasteiger partial charge in [0.05, 0.1) is 13.1 Å². The SMILES string of the molecule is [OH-].c1ccc2c(c1)ccc1c([NH+]3CCCCC3)cccc12. The third-order valence-electron chi connectivity index (χ3n) is 4.62. The largest absolute Gasteiger partial charge is 0.870 e. The molecule has 0 radical (unpaired) electrons. The van der Waals surface area contributed by atoms with Gasteiger partial charge in [-0.1, -0.05) is 42.5 Å². The van der Waals surface area contributed by atoms with Crippen LogP contribution in [0.1, 0.15) is 19.3 Å². The Morgan fingerprint density at radius 2 is 1.38 bits per heavy atom. The minimum absolute atomic E-state index is 0. The highest BCUT2D eigenvalue weighted by molar-refractivity contribution is 6.10. The van der Waals surface area contributed by atoms with Gasteiger partial charge in [0, 0.05) is 5.39 Å². The molecule has 1 saturated heterocycles. The van der Waals surface area contributed by atoms with Crippen molar-refractivity contribution in [1.29, 1.82) is 0 Å². The normalized spacial score (nSPS) is 16.0. The number of nitrogens with one attached hydrogen (secondary N) is 1. The fraction of sp³-hybridized carbons (Fsp3) is 0.263. The molecule has 0 saturated carbocycles. The Morgan fingerprint density at radius 3 is 2.24 bits per heavy atom. The lowest BCUT2D eigenvalue weighted by atomic mass is 9.99. The fourth-order valence-corrected chi connectivity index (χ4v) is 3.60. The molecule has 0 unspecified atom stereocenters. The Kier molecular flexibility index (Phi) is 3.91. The van der Waals surface area contributed by atoms with Crippen molar-refractivity contribution in [3.63, 3.8) is 0 Å². The van der Waals surface area contributed by atoms with Gasteiger partial charge >= 0.3 is 0 Å². The molecule has 0 atom stereocenters. The molecule has 3 aromatic carbocycles. The smallest absolute Gasteiger partial charge is 0.139 e.